The van der Waals surface area contributed by atoms with E-state index in [-0.39, 0.29) is 0 Å². The Bertz CT molecular complexity index is 956. The number of hydrogen-bond donors (Lipinski definition) is 3. The fourth-order valence-corrected chi connectivity index (χ4v) is 5.29. The number of aromatic nitrogens is 2. The van der Waals surface area contributed by atoms with Gasteiger partial charge in [-0.15, -0.1) is 0 Å². The normalized spacial score (nSPS) is 18.9. The van der Waals surface area contributed by atoms with Gasteiger partial charge in [-0.25, -0.2) is 4.98 Å². The quantitative estimate of drug-likeness (QED) is 0.446. The van der Waals surface area contributed by atoms with Gasteiger partial charge in [0.25, 0.3) is 0 Å². The molecule has 1 aromatic carbocycles. The lowest BCUT2D eigenvalue weighted by Crippen LogP contribution is -2.37. The van der Waals surface area contributed by atoms with Crippen molar-refractivity contribution >= 4 is 35.0 Å². The van der Waals surface area contributed by atoms with E-state index in [9.17, 15) is 0 Å². The van der Waals surface area contributed by atoms with Crippen molar-refractivity contribution in [2.24, 2.45) is 11.8 Å². The van der Waals surface area contributed by atoms with Gasteiger partial charge in [0.2, 0.25) is 5.95 Å². The number of rotatable bonds is 9. The van der Waals surface area contributed by atoms with Gasteiger partial charge >= 0.3 is 0 Å². The lowest BCUT2D eigenvalue weighted by atomic mass is 9.93. The molecule has 5 rings (SSSR count). The summed E-state index contributed by atoms with van der Waals surface area (Å²) in [5, 5.41) is 12.0. The van der Waals surface area contributed by atoms with Gasteiger partial charge in [0.15, 0.2) is 0 Å². The summed E-state index contributed by atoms with van der Waals surface area (Å²) < 4.78 is 0. The summed E-state index contributed by atoms with van der Waals surface area (Å²) in [5.41, 5.74) is 3.34. The molecule has 8 heteroatoms. The lowest BCUT2D eigenvalue weighted by Gasteiger charge is -2.33. The second-order valence-corrected chi connectivity index (χ2v) is 10.5. The number of anilines is 2. The summed E-state index contributed by atoms with van der Waals surface area (Å²) in [5.74, 6) is 3.55. The molecule has 2 aromatic rings. The van der Waals surface area contributed by atoms with E-state index in [0.717, 1.165) is 74.0 Å². The molecule has 0 bridgehead atoms. The Morgan fingerprint density at radius 2 is 1.91 bits per heavy atom. The molecule has 3 N–H and O–H groups in total. The minimum atomic E-state index is 0.606. The van der Waals surface area contributed by atoms with Gasteiger partial charge in [-0.3, -0.25) is 0 Å². The van der Waals surface area contributed by atoms with Gasteiger partial charge in [-0.05, 0) is 74.7 Å². The smallest absolute Gasteiger partial charge is 0.227 e. The molecule has 33 heavy (non-hydrogen) atoms. The summed E-state index contributed by atoms with van der Waals surface area (Å²) in [6, 6.07) is 5.63. The zero-order valence-electron chi connectivity index (χ0n) is 19.2. The fraction of sp³-hybridized carbons (Fsp3) is 0.600. The first-order chi connectivity index (χ1) is 16.2. The number of nitrogens with one attached hydrogen (secondary N) is 3. The van der Waals surface area contributed by atoms with Gasteiger partial charge in [0.1, 0.15) is 5.82 Å². The van der Waals surface area contributed by atoms with Crippen molar-refractivity contribution < 1.29 is 0 Å². The number of fused-ring (bicyclic) bond motifs is 1. The molecule has 2 aliphatic heterocycles. The van der Waals surface area contributed by atoms with E-state index in [1.54, 1.807) is 6.07 Å². The van der Waals surface area contributed by atoms with Crippen LogP contribution in [-0.4, -0.2) is 42.7 Å². The number of nitrogens with zero attached hydrogens (tertiary/aromatic N) is 3. The van der Waals surface area contributed by atoms with E-state index in [4.69, 9.17) is 33.2 Å². The molecule has 6 nitrogen and oxygen atoms in total. The van der Waals surface area contributed by atoms with Crippen LogP contribution >= 0.6 is 23.2 Å². The lowest BCUT2D eigenvalue weighted by molar-refractivity contribution is 0.370. The zero-order valence-corrected chi connectivity index (χ0v) is 20.7. The first kappa shape index (κ1) is 23.2. The molecule has 0 unspecified atom stereocenters. The number of hydrogen-bond acceptors (Lipinski definition) is 6. The molecule has 1 saturated heterocycles. The maximum Gasteiger partial charge on any atom is 0.227 e. The molecule has 1 saturated carbocycles. The largest absolute Gasteiger partial charge is 0.365 e. The van der Waals surface area contributed by atoms with Gasteiger partial charge in [-0.1, -0.05) is 29.3 Å². The predicted octanol–water partition coefficient (Wildman–Crippen LogP) is 4.65. The molecule has 2 fully saturated rings. The van der Waals surface area contributed by atoms with Crippen molar-refractivity contribution in [2.45, 2.75) is 51.6 Å². The van der Waals surface area contributed by atoms with Crippen molar-refractivity contribution in [1.29, 1.82) is 0 Å². The SMILES string of the molecule is Clc1ccc(CNc2nc(N3CCC(CCNCC4CC4)CC3)nc3c2CNCC3)c(Cl)c1. The summed E-state index contributed by atoms with van der Waals surface area (Å²) in [4.78, 5) is 12.3. The summed E-state index contributed by atoms with van der Waals surface area (Å²) in [6.45, 7) is 6.80. The van der Waals surface area contributed by atoms with Crippen LogP contribution in [0.4, 0.5) is 11.8 Å². The average Bonchev–Trinajstić information content (AvgIpc) is 3.66. The Morgan fingerprint density at radius 1 is 1.06 bits per heavy atom. The summed E-state index contributed by atoms with van der Waals surface area (Å²) >= 11 is 12.4. The van der Waals surface area contributed by atoms with Crippen LogP contribution in [-0.2, 0) is 19.5 Å². The standard InChI is InChI=1S/C25H34Cl2N6/c26-20-4-3-19(22(27)13-20)15-30-24-21-16-29-10-6-23(21)31-25(32-24)33-11-7-17(8-12-33)5-9-28-14-18-1-2-18/h3-4,13,17-18,28-29H,1-2,5-12,14-16H2,(H,30,31,32). The van der Waals surface area contributed by atoms with Crippen LogP contribution < -0.4 is 20.9 Å². The molecule has 0 atom stereocenters. The van der Waals surface area contributed by atoms with Crippen molar-refractivity contribution in [1.82, 2.24) is 20.6 Å². The van der Waals surface area contributed by atoms with Gasteiger partial charge < -0.3 is 20.9 Å². The second-order valence-electron chi connectivity index (χ2n) is 9.68. The Balaban J connectivity index is 1.22. The Hall–Kier alpha value is -1.60. The third kappa shape index (κ3) is 6.10. The molecule has 1 aliphatic carbocycles. The molecule has 3 aliphatic rings. The van der Waals surface area contributed by atoms with E-state index < -0.39 is 0 Å². The van der Waals surface area contributed by atoms with E-state index in [1.807, 2.05) is 12.1 Å². The maximum atomic E-state index is 6.39. The van der Waals surface area contributed by atoms with E-state index in [1.165, 1.54) is 44.2 Å². The molecule has 0 radical (unpaired) electrons. The van der Waals surface area contributed by atoms with Crippen LogP contribution in [0.15, 0.2) is 18.2 Å². The van der Waals surface area contributed by atoms with Crippen molar-refractivity contribution in [3.8, 4) is 0 Å². The highest BCUT2D eigenvalue weighted by molar-refractivity contribution is 6.35. The van der Waals surface area contributed by atoms with Gasteiger partial charge in [0.05, 0.1) is 5.69 Å². The zero-order chi connectivity index (χ0) is 22.6. The van der Waals surface area contributed by atoms with Crippen molar-refractivity contribution in [3.63, 3.8) is 0 Å². The molecule has 3 heterocycles. The molecular formula is C25H34Cl2N6. The minimum Gasteiger partial charge on any atom is -0.365 e. The highest BCUT2D eigenvalue weighted by atomic mass is 35.5. The topological polar surface area (TPSA) is 65.1 Å². The van der Waals surface area contributed by atoms with Crippen LogP contribution in [0, 0.1) is 11.8 Å². The molecular weight excluding hydrogens is 455 g/mol. The van der Waals surface area contributed by atoms with Gasteiger partial charge in [-0.2, -0.15) is 4.98 Å². The van der Waals surface area contributed by atoms with Crippen molar-refractivity contribution in [3.05, 3.63) is 45.1 Å². The number of halogens is 2. The molecule has 1 aromatic heterocycles. The van der Waals surface area contributed by atoms with E-state index in [2.05, 4.69) is 20.9 Å². The first-order valence-corrected chi connectivity index (χ1v) is 13.2. The highest BCUT2D eigenvalue weighted by Gasteiger charge is 2.25. The van der Waals surface area contributed by atoms with Crippen LogP contribution in [0.25, 0.3) is 0 Å². The third-order valence-corrected chi connectivity index (χ3v) is 7.73. The predicted molar refractivity (Wildman–Crippen MR) is 136 cm³/mol. The minimum absolute atomic E-state index is 0.606. The van der Waals surface area contributed by atoms with E-state index in [0.29, 0.717) is 16.6 Å². The molecule has 0 spiro atoms. The average molecular weight is 489 g/mol. The summed E-state index contributed by atoms with van der Waals surface area (Å²) in [6.07, 6.45) is 7.50. The summed E-state index contributed by atoms with van der Waals surface area (Å²) in [7, 11) is 0. The van der Waals surface area contributed by atoms with Gasteiger partial charge in [0, 0.05) is 54.8 Å². The van der Waals surface area contributed by atoms with E-state index >= 15 is 0 Å². The van der Waals surface area contributed by atoms with Crippen LogP contribution in [0.2, 0.25) is 10.0 Å². The first-order valence-electron chi connectivity index (χ1n) is 12.4. The second kappa shape index (κ2) is 10.8. The Kier molecular flexibility index (Phi) is 7.56. The van der Waals surface area contributed by atoms with Crippen molar-refractivity contribution in [2.75, 3.05) is 42.9 Å². The molecule has 0 amide bonds. The Morgan fingerprint density at radius 3 is 2.70 bits per heavy atom. The Labute approximate surface area is 206 Å². The maximum absolute atomic E-state index is 6.39. The van der Waals surface area contributed by atoms with Crippen LogP contribution in [0.1, 0.15) is 48.9 Å². The highest BCUT2D eigenvalue weighted by Crippen LogP contribution is 2.29. The third-order valence-electron chi connectivity index (χ3n) is 7.14. The fourth-order valence-electron chi connectivity index (χ4n) is 4.82. The monoisotopic (exact) mass is 488 g/mol. The van der Waals surface area contributed by atoms with Crippen LogP contribution in [0.3, 0.4) is 0 Å². The molecule has 178 valence electrons. The number of benzene rings is 1. The number of piperidine rings is 1. The van der Waals surface area contributed by atoms with Crippen LogP contribution in [0.5, 0.6) is 0 Å².